The summed E-state index contributed by atoms with van der Waals surface area (Å²) >= 11 is 5.37. The van der Waals surface area contributed by atoms with Crippen LogP contribution >= 0.6 is 27.7 Å². The van der Waals surface area contributed by atoms with Gasteiger partial charge in [0.15, 0.2) is 0 Å². The lowest BCUT2D eigenvalue weighted by Crippen LogP contribution is -1.81. The molecule has 1 aromatic heterocycles. The van der Waals surface area contributed by atoms with Gasteiger partial charge in [-0.05, 0) is 23.8 Å². The van der Waals surface area contributed by atoms with E-state index in [1.807, 2.05) is 30.5 Å². The third-order valence-corrected chi connectivity index (χ3v) is 4.64. The summed E-state index contributed by atoms with van der Waals surface area (Å²) in [7, 11) is 0. The first-order valence-corrected chi connectivity index (χ1v) is 7.45. The summed E-state index contributed by atoms with van der Waals surface area (Å²) in [4.78, 5) is 1.20. The minimum Gasteiger partial charge on any atom is -0.463 e. The molecule has 0 N–H and O–H groups in total. The van der Waals surface area contributed by atoms with Crippen LogP contribution in [0.3, 0.4) is 0 Å². The van der Waals surface area contributed by atoms with E-state index in [4.69, 9.17) is 4.42 Å². The second-order valence-electron chi connectivity index (χ2n) is 3.98. The fourth-order valence-electron chi connectivity index (χ4n) is 1.84. The Balaban J connectivity index is 1.83. The molecule has 3 aromatic rings. The maximum Gasteiger partial charge on any atom is 0.135 e. The first-order chi connectivity index (χ1) is 8.84. The lowest BCUT2D eigenvalue weighted by atomic mass is 10.2. The quantitative estimate of drug-likeness (QED) is 0.592. The minimum atomic E-state index is 0.935. The van der Waals surface area contributed by atoms with E-state index in [-0.39, 0.29) is 0 Å². The zero-order valence-electron chi connectivity index (χ0n) is 9.60. The van der Waals surface area contributed by atoms with Gasteiger partial charge in [-0.25, -0.2) is 0 Å². The number of benzene rings is 2. The third kappa shape index (κ3) is 2.33. The second-order valence-corrected chi connectivity index (χ2v) is 5.85. The first-order valence-electron chi connectivity index (χ1n) is 5.67. The fourth-order valence-corrected chi connectivity index (χ4v) is 3.45. The standard InChI is InChI=1S/C15H11BrOS/c16-13-7-3-1-5-11(13)10-18-15-9-17-14-8-4-2-6-12(14)15/h1-9H,10H2. The molecular weight excluding hydrogens is 308 g/mol. The Morgan fingerprint density at radius 3 is 2.67 bits per heavy atom. The van der Waals surface area contributed by atoms with Crippen LogP contribution in [0.1, 0.15) is 5.56 Å². The van der Waals surface area contributed by atoms with Crippen molar-refractivity contribution in [3.05, 3.63) is 64.8 Å². The molecule has 1 nitrogen and oxygen atoms in total. The van der Waals surface area contributed by atoms with Crippen molar-refractivity contribution in [1.82, 2.24) is 0 Å². The van der Waals surface area contributed by atoms with Crippen LogP contribution < -0.4 is 0 Å². The summed E-state index contributed by atoms with van der Waals surface area (Å²) in [5.41, 5.74) is 2.25. The Hall–Kier alpha value is -1.19. The third-order valence-electron chi connectivity index (χ3n) is 2.79. The van der Waals surface area contributed by atoms with Gasteiger partial charge in [0, 0.05) is 15.6 Å². The predicted molar refractivity (Wildman–Crippen MR) is 79.9 cm³/mol. The van der Waals surface area contributed by atoms with E-state index in [9.17, 15) is 0 Å². The molecule has 0 fully saturated rings. The molecule has 0 saturated heterocycles. The Bertz CT molecular complexity index is 675. The van der Waals surface area contributed by atoms with Crippen molar-refractivity contribution in [2.24, 2.45) is 0 Å². The second kappa shape index (κ2) is 5.21. The van der Waals surface area contributed by atoms with Gasteiger partial charge >= 0.3 is 0 Å². The molecule has 0 atom stereocenters. The van der Waals surface area contributed by atoms with Crippen molar-refractivity contribution < 1.29 is 4.42 Å². The number of rotatable bonds is 3. The lowest BCUT2D eigenvalue weighted by Gasteiger charge is -2.02. The van der Waals surface area contributed by atoms with Crippen LogP contribution in [-0.2, 0) is 5.75 Å². The van der Waals surface area contributed by atoms with Gasteiger partial charge in [-0.2, -0.15) is 0 Å². The van der Waals surface area contributed by atoms with Crippen molar-refractivity contribution in [3.63, 3.8) is 0 Å². The van der Waals surface area contributed by atoms with Crippen molar-refractivity contribution in [3.8, 4) is 0 Å². The average molecular weight is 319 g/mol. The van der Waals surface area contributed by atoms with Crippen molar-refractivity contribution in [1.29, 1.82) is 0 Å². The zero-order valence-corrected chi connectivity index (χ0v) is 12.0. The van der Waals surface area contributed by atoms with E-state index < -0.39 is 0 Å². The lowest BCUT2D eigenvalue weighted by molar-refractivity contribution is 0.608. The summed E-state index contributed by atoms with van der Waals surface area (Å²) < 4.78 is 6.69. The molecule has 1 heterocycles. The summed E-state index contributed by atoms with van der Waals surface area (Å²) in [6.45, 7) is 0. The predicted octanol–water partition coefficient (Wildman–Crippen LogP) is 5.49. The molecule has 2 aromatic carbocycles. The maximum atomic E-state index is 5.54. The number of hydrogen-bond acceptors (Lipinski definition) is 2. The summed E-state index contributed by atoms with van der Waals surface area (Å²) in [6.07, 6.45) is 1.84. The van der Waals surface area contributed by atoms with Gasteiger partial charge in [0.1, 0.15) is 11.8 Å². The summed E-state index contributed by atoms with van der Waals surface area (Å²) in [5, 5.41) is 1.19. The topological polar surface area (TPSA) is 13.1 Å². The molecule has 3 heteroatoms. The van der Waals surface area contributed by atoms with Gasteiger partial charge < -0.3 is 4.42 Å². The van der Waals surface area contributed by atoms with Gasteiger partial charge in [0.25, 0.3) is 0 Å². The molecule has 18 heavy (non-hydrogen) atoms. The Kier molecular flexibility index (Phi) is 3.43. The van der Waals surface area contributed by atoms with Crippen LogP contribution in [0, 0.1) is 0 Å². The molecule has 90 valence electrons. The largest absolute Gasteiger partial charge is 0.463 e. The molecule has 0 aliphatic carbocycles. The van der Waals surface area contributed by atoms with Crippen LogP contribution in [0.4, 0.5) is 0 Å². The normalized spacial score (nSPS) is 10.9. The fraction of sp³-hybridized carbons (Fsp3) is 0.0667. The smallest absolute Gasteiger partial charge is 0.135 e. The van der Waals surface area contributed by atoms with Gasteiger partial charge in [0.05, 0.1) is 4.90 Å². The number of halogens is 1. The highest BCUT2D eigenvalue weighted by Crippen LogP contribution is 2.33. The van der Waals surface area contributed by atoms with E-state index in [0.717, 1.165) is 15.8 Å². The molecule has 0 unspecified atom stereocenters. The number of fused-ring (bicyclic) bond motifs is 1. The van der Waals surface area contributed by atoms with Crippen LogP contribution in [0.25, 0.3) is 11.0 Å². The minimum absolute atomic E-state index is 0.935. The van der Waals surface area contributed by atoms with Gasteiger partial charge in [-0.1, -0.05) is 46.3 Å². The highest BCUT2D eigenvalue weighted by molar-refractivity contribution is 9.10. The van der Waals surface area contributed by atoms with Crippen LogP contribution in [-0.4, -0.2) is 0 Å². The number of thioether (sulfide) groups is 1. The molecule has 0 spiro atoms. The summed E-state index contributed by atoms with van der Waals surface area (Å²) in [6, 6.07) is 16.4. The molecule has 0 aliphatic heterocycles. The van der Waals surface area contributed by atoms with Crippen LogP contribution in [0.15, 0.2) is 68.6 Å². The highest BCUT2D eigenvalue weighted by Gasteiger charge is 2.06. The van der Waals surface area contributed by atoms with Crippen molar-refractivity contribution >= 4 is 38.7 Å². The maximum absolute atomic E-state index is 5.54. The average Bonchev–Trinajstić information content (AvgIpc) is 2.81. The van der Waals surface area contributed by atoms with E-state index in [1.54, 1.807) is 11.8 Å². The molecule has 0 radical (unpaired) electrons. The van der Waals surface area contributed by atoms with Crippen LogP contribution in [0.5, 0.6) is 0 Å². The highest BCUT2D eigenvalue weighted by atomic mass is 79.9. The van der Waals surface area contributed by atoms with Crippen molar-refractivity contribution in [2.75, 3.05) is 0 Å². The molecule has 0 bridgehead atoms. The number of para-hydroxylation sites is 1. The van der Waals surface area contributed by atoms with E-state index in [2.05, 4.69) is 40.2 Å². The zero-order chi connectivity index (χ0) is 12.4. The molecule has 0 saturated carbocycles. The van der Waals surface area contributed by atoms with Gasteiger partial charge in [-0.15, -0.1) is 11.8 Å². The Morgan fingerprint density at radius 1 is 1.00 bits per heavy atom. The molecule has 3 rings (SSSR count). The van der Waals surface area contributed by atoms with Crippen LogP contribution in [0.2, 0.25) is 0 Å². The van der Waals surface area contributed by atoms with E-state index >= 15 is 0 Å². The summed E-state index contributed by atoms with van der Waals surface area (Å²) in [5.74, 6) is 0.935. The molecular formula is C15H11BrOS. The Morgan fingerprint density at radius 2 is 1.78 bits per heavy atom. The number of furan rings is 1. The molecule has 0 aliphatic rings. The van der Waals surface area contributed by atoms with Crippen molar-refractivity contribution in [2.45, 2.75) is 10.6 Å². The SMILES string of the molecule is Brc1ccccc1CSc1coc2ccccc12. The van der Waals surface area contributed by atoms with E-state index in [1.165, 1.54) is 15.8 Å². The number of hydrogen-bond donors (Lipinski definition) is 0. The first kappa shape index (κ1) is 11.9. The van der Waals surface area contributed by atoms with Gasteiger partial charge in [-0.3, -0.25) is 0 Å². The Labute approximate surface area is 118 Å². The monoisotopic (exact) mass is 318 g/mol. The molecule has 0 amide bonds. The van der Waals surface area contributed by atoms with E-state index in [0.29, 0.717) is 0 Å². The van der Waals surface area contributed by atoms with Gasteiger partial charge in [0.2, 0.25) is 0 Å².